The van der Waals surface area contributed by atoms with Crippen molar-refractivity contribution in [1.29, 1.82) is 0 Å². The van der Waals surface area contributed by atoms with Gasteiger partial charge in [-0.25, -0.2) is 8.42 Å². The van der Waals surface area contributed by atoms with Crippen LogP contribution in [0.15, 0.2) is 60.7 Å². The first-order valence-electron chi connectivity index (χ1n) is 5.33. The fourth-order valence-corrected chi connectivity index (χ4v) is 3.91. The van der Waals surface area contributed by atoms with Gasteiger partial charge in [0.1, 0.15) is 5.25 Å². The van der Waals surface area contributed by atoms with Crippen LogP contribution in [0.3, 0.4) is 0 Å². The third-order valence-electron chi connectivity index (χ3n) is 2.61. The summed E-state index contributed by atoms with van der Waals surface area (Å²) < 4.78 is 34.9. The number of hydrogen-bond acceptors (Lipinski definition) is 3. The summed E-state index contributed by atoms with van der Waals surface area (Å²) in [4.78, 5) is 0. The molecule has 0 bridgehead atoms. The third kappa shape index (κ3) is 2.66. The zero-order valence-corrected chi connectivity index (χ0v) is 11.1. The lowest BCUT2D eigenvalue weighted by atomic mass is 10.0. The molecule has 18 heavy (non-hydrogen) atoms. The maximum atomic E-state index is 12.0. The van der Waals surface area contributed by atoms with Crippen LogP contribution in [0.4, 0.5) is 0 Å². The molecule has 2 rings (SSSR count). The molecule has 0 saturated heterocycles. The second-order valence-electron chi connectivity index (χ2n) is 3.79. The van der Waals surface area contributed by atoms with E-state index in [1.165, 1.54) is 0 Å². The molecule has 2 aromatic carbocycles. The highest BCUT2D eigenvalue weighted by Crippen LogP contribution is 2.35. The predicted octanol–water partition coefficient (Wildman–Crippen LogP) is 3.40. The highest BCUT2D eigenvalue weighted by Gasteiger charge is 2.29. The average molecular weight is 278 g/mol. The Kier molecular flexibility index (Phi) is 3.90. The van der Waals surface area contributed by atoms with E-state index in [1.807, 2.05) is 12.1 Å². The molecule has 0 amide bonds. The van der Waals surface area contributed by atoms with Gasteiger partial charge in [0.25, 0.3) is 7.66 Å². The first kappa shape index (κ1) is 12.9. The Labute approximate surface area is 107 Å². The van der Waals surface area contributed by atoms with Gasteiger partial charge in [-0.15, -0.1) is 0 Å². The summed E-state index contributed by atoms with van der Waals surface area (Å²) in [5.41, 5.74) is 1.24. The van der Waals surface area contributed by atoms with Gasteiger partial charge >= 0.3 is 0 Å². The van der Waals surface area contributed by atoms with Crippen LogP contribution in [0.25, 0.3) is 0 Å². The highest BCUT2D eigenvalue weighted by molar-refractivity contribution is 8.39. The van der Waals surface area contributed by atoms with E-state index in [2.05, 4.69) is 0 Å². The fourth-order valence-electron chi connectivity index (χ4n) is 1.84. The Morgan fingerprint density at radius 1 is 0.778 bits per heavy atom. The summed E-state index contributed by atoms with van der Waals surface area (Å²) in [6, 6.07) is 17.6. The minimum atomic E-state index is -3.75. The fraction of sp³-hybridized carbons (Fsp3) is 0.0769. The van der Waals surface area contributed by atoms with Crippen LogP contribution in [0, 0.1) is 0 Å². The number of hydrogen-bond donors (Lipinski definition) is 0. The van der Waals surface area contributed by atoms with Crippen molar-refractivity contribution in [2.24, 2.45) is 0 Å². The Hall–Kier alpha value is -1.51. The molecule has 3 nitrogen and oxygen atoms in total. The molecule has 0 atom stereocenters. The molecule has 0 aliphatic rings. The van der Waals surface area contributed by atoms with Crippen molar-refractivity contribution in [3.63, 3.8) is 0 Å². The quantitative estimate of drug-likeness (QED) is 0.805. The molecule has 0 N–H and O–H groups in total. The lowest BCUT2D eigenvalue weighted by Crippen LogP contribution is -2.09. The Morgan fingerprint density at radius 2 is 1.17 bits per heavy atom. The van der Waals surface area contributed by atoms with E-state index in [4.69, 9.17) is 0 Å². The zero-order chi connectivity index (χ0) is 13.0. The van der Waals surface area contributed by atoms with E-state index in [0.717, 1.165) is 0 Å². The number of benzene rings is 2. The van der Waals surface area contributed by atoms with Gasteiger partial charge in [-0.2, -0.15) is 0 Å². The first-order valence-corrected chi connectivity index (χ1v) is 8.30. The normalized spacial score (nSPS) is 11.8. The van der Waals surface area contributed by atoms with E-state index >= 15 is 0 Å². The zero-order valence-electron chi connectivity index (χ0n) is 9.43. The highest BCUT2D eigenvalue weighted by atomic mass is 32.7. The molecule has 5 heteroatoms. The lowest BCUT2D eigenvalue weighted by molar-refractivity contribution is 0.585. The van der Waals surface area contributed by atoms with Crippen molar-refractivity contribution in [2.45, 2.75) is 5.25 Å². The Bertz CT molecular complexity index is 584. The van der Waals surface area contributed by atoms with E-state index in [9.17, 15) is 13.0 Å². The van der Waals surface area contributed by atoms with E-state index < -0.39 is 22.4 Å². The van der Waals surface area contributed by atoms with E-state index in [-0.39, 0.29) is 0 Å². The summed E-state index contributed by atoms with van der Waals surface area (Å²) in [7, 11) is -4.61. The van der Waals surface area contributed by atoms with Gasteiger partial charge in [0.2, 0.25) is 9.46 Å². The van der Waals surface area contributed by atoms with Gasteiger partial charge in [-0.05, 0) is 11.1 Å². The summed E-state index contributed by atoms with van der Waals surface area (Å²) in [6.45, 7) is 0. The van der Waals surface area contributed by atoms with Crippen molar-refractivity contribution in [1.82, 2.24) is 0 Å². The second-order valence-corrected chi connectivity index (χ2v) is 7.42. The van der Waals surface area contributed by atoms with E-state index in [1.54, 1.807) is 48.5 Å². The van der Waals surface area contributed by atoms with Gasteiger partial charge < -0.3 is 0 Å². The van der Waals surface area contributed by atoms with Crippen molar-refractivity contribution >= 4 is 17.1 Å². The van der Waals surface area contributed by atoms with Crippen LogP contribution < -0.4 is 0 Å². The van der Waals surface area contributed by atoms with Crippen LogP contribution in [0.2, 0.25) is 0 Å². The molecule has 0 heterocycles. The second kappa shape index (κ2) is 5.42. The van der Waals surface area contributed by atoms with Gasteiger partial charge in [-0.1, -0.05) is 60.7 Å². The first-order chi connectivity index (χ1) is 8.65. The third-order valence-corrected chi connectivity index (χ3v) is 5.21. The Balaban J connectivity index is 2.60. The lowest BCUT2D eigenvalue weighted by Gasteiger charge is -2.14. The molecule has 0 unspecified atom stereocenters. The topological polar surface area (TPSA) is 51.2 Å². The summed E-state index contributed by atoms with van der Waals surface area (Å²) >= 11 is 0. The van der Waals surface area contributed by atoms with Gasteiger partial charge in [-0.3, -0.25) is 4.57 Å². The van der Waals surface area contributed by atoms with Crippen LogP contribution in [-0.2, 0) is 14.0 Å². The van der Waals surface area contributed by atoms with Gasteiger partial charge in [0, 0.05) is 0 Å². The maximum absolute atomic E-state index is 12.0. The van der Waals surface area contributed by atoms with Crippen LogP contribution >= 0.6 is 7.66 Å². The molecule has 92 valence electrons. The SMILES string of the molecule is O=PS(=O)(=O)C(c1ccccc1)c1ccccc1. The average Bonchev–Trinajstić information content (AvgIpc) is 2.41. The van der Waals surface area contributed by atoms with Crippen molar-refractivity contribution in [3.05, 3.63) is 71.8 Å². The van der Waals surface area contributed by atoms with Gasteiger partial charge in [0.15, 0.2) is 0 Å². The molecule has 0 saturated carbocycles. The molecule has 0 aromatic heterocycles. The Morgan fingerprint density at radius 3 is 1.50 bits per heavy atom. The summed E-state index contributed by atoms with van der Waals surface area (Å²) in [5, 5.41) is -0.890. The smallest absolute Gasteiger partial charge is 0.257 e. The largest absolute Gasteiger partial charge is 0.291 e. The minimum Gasteiger partial charge on any atom is -0.257 e. The van der Waals surface area contributed by atoms with Crippen molar-refractivity contribution in [3.8, 4) is 0 Å². The molecular formula is C13H11O3PS. The van der Waals surface area contributed by atoms with Crippen molar-refractivity contribution in [2.75, 3.05) is 0 Å². The minimum absolute atomic E-state index is 0.618. The summed E-state index contributed by atoms with van der Waals surface area (Å²) in [5.74, 6) is 0. The monoisotopic (exact) mass is 278 g/mol. The van der Waals surface area contributed by atoms with Crippen LogP contribution in [0.5, 0.6) is 0 Å². The standard InChI is InChI=1S/C13H11O3PS/c14-17-18(15,16)13(11-7-3-1-4-8-11)12-9-5-2-6-10-12/h1-10,13H. The molecule has 0 radical (unpaired) electrons. The van der Waals surface area contributed by atoms with E-state index in [0.29, 0.717) is 11.1 Å². The van der Waals surface area contributed by atoms with Crippen molar-refractivity contribution < 1.29 is 13.0 Å². The number of rotatable bonds is 4. The molecule has 0 aliphatic heterocycles. The predicted molar refractivity (Wildman–Crippen MR) is 71.3 cm³/mol. The summed E-state index contributed by atoms with van der Waals surface area (Å²) in [6.07, 6.45) is 0. The molecular weight excluding hydrogens is 267 g/mol. The molecule has 0 fully saturated rings. The maximum Gasteiger partial charge on any atom is 0.291 e. The molecule has 0 aliphatic carbocycles. The van der Waals surface area contributed by atoms with Crippen LogP contribution in [0.1, 0.15) is 16.4 Å². The molecule has 0 spiro atoms. The van der Waals surface area contributed by atoms with Crippen LogP contribution in [-0.4, -0.2) is 8.42 Å². The molecule has 2 aromatic rings. The van der Waals surface area contributed by atoms with Gasteiger partial charge in [0.05, 0.1) is 0 Å².